The minimum absolute atomic E-state index is 0.120. The van der Waals surface area contributed by atoms with E-state index in [0.717, 1.165) is 10.9 Å². The summed E-state index contributed by atoms with van der Waals surface area (Å²) >= 11 is 0. The Morgan fingerprint density at radius 2 is 1.92 bits per heavy atom. The number of ketones is 1. The first-order valence-electron chi connectivity index (χ1n) is 7.55. The number of phenols is 1. The number of hydrogen-bond acceptors (Lipinski definition) is 4. The van der Waals surface area contributed by atoms with Crippen molar-refractivity contribution < 1.29 is 14.6 Å². The number of fused-ring (bicyclic) bond motifs is 1. The summed E-state index contributed by atoms with van der Waals surface area (Å²) in [6.07, 6.45) is -0.786. The quantitative estimate of drug-likeness (QED) is 0.753. The van der Waals surface area contributed by atoms with Gasteiger partial charge in [0.2, 0.25) is 0 Å². The molecule has 5 nitrogen and oxygen atoms in total. The second-order valence-electron chi connectivity index (χ2n) is 5.53. The van der Waals surface area contributed by atoms with Gasteiger partial charge in [-0.25, -0.2) is 0 Å². The molecule has 120 valence electrons. The lowest BCUT2D eigenvalue weighted by Gasteiger charge is -2.16. The van der Waals surface area contributed by atoms with Crippen LogP contribution in [0.4, 0.5) is 0 Å². The molecule has 0 aliphatic rings. The molecule has 2 N–H and O–H groups in total. The first kappa shape index (κ1) is 15.6. The number of carbonyl (C=O) groups excluding carboxylic acids is 1. The number of carbonyl (C=O) groups is 1. The molecule has 0 spiro atoms. The van der Waals surface area contributed by atoms with E-state index in [4.69, 9.17) is 4.74 Å². The van der Waals surface area contributed by atoms with Gasteiger partial charge in [0.1, 0.15) is 17.4 Å². The van der Waals surface area contributed by atoms with Crippen molar-refractivity contribution in [2.24, 2.45) is 0 Å². The molecular weight excluding hydrogens is 304 g/mol. The number of H-pyrrole nitrogens is 1. The number of aromatic nitrogens is 1. The Kier molecular flexibility index (Phi) is 4.21. The third-order valence-electron chi connectivity index (χ3n) is 3.83. The summed E-state index contributed by atoms with van der Waals surface area (Å²) in [5.74, 6) is -0.669. The number of hydrogen-bond donors (Lipinski definition) is 2. The molecule has 0 saturated carbocycles. The summed E-state index contributed by atoms with van der Waals surface area (Å²) in [6, 6.07) is 17.6. The molecule has 0 fully saturated rings. The van der Waals surface area contributed by atoms with E-state index in [1.54, 1.807) is 19.1 Å². The number of nitrogens with zero attached hydrogens (tertiary/aromatic N) is 1. The molecule has 1 aromatic heterocycles. The largest absolute Gasteiger partial charge is 0.508 e. The van der Waals surface area contributed by atoms with Crippen LogP contribution in [0.1, 0.15) is 18.5 Å². The summed E-state index contributed by atoms with van der Waals surface area (Å²) in [6.45, 7) is 1.61. The van der Waals surface area contributed by atoms with Crippen molar-refractivity contribution in [3.63, 3.8) is 0 Å². The topological polar surface area (TPSA) is 86.1 Å². The Morgan fingerprint density at radius 1 is 1.21 bits per heavy atom. The highest BCUT2D eigenvalue weighted by molar-refractivity contribution is 5.93. The molecule has 5 heteroatoms. The Morgan fingerprint density at radius 3 is 2.58 bits per heavy atom. The molecule has 3 aromatic rings. The SMILES string of the molecule is CC(Oc1ccc(O)cc1)C(=O)C(C#N)c1cc2ccccc2[nH]1. The molecule has 2 unspecified atom stereocenters. The van der Waals surface area contributed by atoms with Crippen LogP contribution >= 0.6 is 0 Å². The molecule has 1 heterocycles. The fourth-order valence-electron chi connectivity index (χ4n) is 2.56. The molecule has 0 saturated heterocycles. The van der Waals surface area contributed by atoms with Crippen LogP contribution in [0.2, 0.25) is 0 Å². The van der Waals surface area contributed by atoms with E-state index in [0.29, 0.717) is 11.4 Å². The number of ether oxygens (including phenoxy) is 1. The number of benzene rings is 2. The van der Waals surface area contributed by atoms with Crippen LogP contribution in [-0.4, -0.2) is 22.0 Å². The second-order valence-corrected chi connectivity index (χ2v) is 5.53. The summed E-state index contributed by atoms with van der Waals surface area (Å²) in [4.78, 5) is 15.7. The van der Waals surface area contributed by atoms with Crippen LogP contribution in [0.5, 0.6) is 11.5 Å². The molecular formula is C19H16N2O3. The van der Waals surface area contributed by atoms with E-state index in [9.17, 15) is 15.2 Å². The average molecular weight is 320 g/mol. The molecule has 0 radical (unpaired) electrons. The Bertz CT molecular complexity index is 873. The predicted molar refractivity (Wildman–Crippen MR) is 89.9 cm³/mol. The average Bonchev–Trinajstić information content (AvgIpc) is 3.01. The smallest absolute Gasteiger partial charge is 0.196 e. The van der Waals surface area contributed by atoms with Gasteiger partial charge in [-0.1, -0.05) is 18.2 Å². The van der Waals surface area contributed by atoms with Crippen molar-refractivity contribution in [2.75, 3.05) is 0 Å². The van der Waals surface area contributed by atoms with Gasteiger partial charge in [0, 0.05) is 11.2 Å². The maximum atomic E-state index is 12.6. The van der Waals surface area contributed by atoms with E-state index < -0.39 is 12.0 Å². The summed E-state index contributed by atoms with van der Waals surface area (Å²) < 4.78 is 5.58. The van der Waals surface area contributed by atoms with Crippen molar-refractivity contribution in [1.82, 2.24) is 4.98 Å². The molecule has 0 aliphatic carbocycles. The lowest BCUT2D eigenvalue weighted by Crippen LogP contribution is -2.29. The van der Waals surface area contributed by atoms with E-state index in [-0.39, 0.29) is 11.5 Å². The van der Waals surface area contributed by atoms with Gasteiger partial charge in [-0.2, -0.15) is 5.26 Å². The molecule has 2 atom stereocenters. The molecule has 3 rings (SSSR count). The normalized spacial score (nSPS) is 13.2. The van der Waals surface area contributed by atoms with Gasteiger partial charge in [0.15, 0.2) is 11.9 Å². The number of nitriles is 1. The molecule has 0 bridgehead atoms. The van der Waals surface area contributed by atoms with Gasteiger partial charge < -0.3 is 14.8 Å². The van der Waals surface area contributed by atoms with Crippen LogP contribution in [0, 0.1) is 11.3 Å². The van der Waals surface area contributed by atoms with Gasteiger partial charge in [0.05, 0.1) is 6.07 Å². The van der Waals surface area contributed by atoms with Crippen molar-refractivity contribution in [1.29, 1.82) is 5.26 Å². The minimum atomic E-state index is -0.926. The zero-order chi connectivity index (χ0) is 17.1. The van der Waals surface area contributed by atoms with Crippen LogP contribution in [0.25, 0.3) is 10.9 Å². The van der Waals surface area contributed by atoms with Crippen LogP contribution < -0.4 is 4.74 Å². The van der Waals surface area contributed by atoms with Crippen molar-refractivity contribution in [3.05, 3.63) is 60.3 Å². The van der Waals surface area contributed by atoms with Crippen LogP contribution in [0.15, 0.2) is 54.6 Å². The summed E-state index contributed by atoms with van der Waals surface area (Å²) in [5, 5.41) is 19.7. The summed E-state index contributed by atoms with van der Waals surface area (Å²) in [5.41, 5.74) is 1.44. The van der Waals surface area contributed by atoms with E-state index in [1.807, 2.05) is 30.3 Å². The van der Waals surface area contributed by atoms with Gasteiger partial charge in [0.25, 0.3) is 0 Å². The highest BCUT2D eigenvalue weighted by Gasteiger charge is 2.28. The Labute approximate surface area is 139 Å². The maximum Gasteiger partial charge on any atom is 0.196 e. The second kappa shape index (κ2) is 6.47. The van der Waals surface area contributed by atoms with E-state index >= 15 is 0 Å². The number of aromatic amines is 1. The molecule has 0 aliphatic heterocycles. The van der Waals surface area contributed by atoms with Gasteiger partial charge in [-0.05, 0) is 48.7 Å². The monoisotopic (exact) mass is 320 g/mol. The first-order chi connectivity index (χ1) is 11.6. The lowest BCUT2D eigenvalue weighted by molar-refractivity contribution is -0.125. The van der Waals surface area contributed by atoms with Gasteiger partial charge >= 0.3 is 0 Å². The predicted octanol–water partition coefficient (Wildman–Crippen LogP) is 3.52. The zero-order valence-electron chi connectivity index (χ0n) is 13.1. The van der Waals surface area contributed by atoms with Gasteiger partial charge in [-0.15, -0.1) is 0 Å². The zero-order valence-corrected chi connectivity index (χ0v) is 13.1. The van der Waals surface area contributed by atoms with Crippen LogP contribution in [-0.2, 0) is 4.79 Å². The number of phenolic OH excluding ortho intramolecular Hbond substituents is 1. The van der Waals surface area contributed by atoms with Crippen LogP contribution in [0.3, 0.4) is 0 Å². The van der Waals surface area contributed by atoms with Crippen molar-refractivity contribution in [3.8, 4) is 17.6 Å². The molecule has 2 aromatic carbocycles. The number of para-hydroxylation sites is 1. The Balaban J connectivity index is 1.80. The molecule has 24 heavy (non-hydrogen) atoms. The number of Topliss-reactive ketones (excluding diaryl/α,β-unsaturated/α-hetero) is 1. The highest BCUT2D eigenvalue weighted by atomic mass is 16.5. The fraction of sp³-hybridized carbons (Fsp3) is 0.158. The minimum Gasteiger partial charge on any atom is -0.508 e. The van der Waals surface area contributed by atoms with Crippen molar-refractivity contribution in [2.45, 2.75) is 18.9 Å². The van der Waals surface area contributed by atoms with Gasteiger partial charge in [-0.3, -0.25) is 4.79 Å². The number of nitrogens with one attached hydrogen (secondary N) is 1. The fourth-order valence-corrected chi connectivity index (χ4v) is 2.56. The highest BCUT2D eigenvalue weighted by Crippen LogP contribution is 2.24. The lowest BCUT2D eigenvalue weighted by atomic mass is 9.98. The van der Waals surface area contributed by atoms with E-state index in [2.05, 4.69) is 11.1 Å². The summed E-state index contributed by atoms with van der Waals surface area (Å²) in [7, 11) is 0. The molecule has 0 amide bonds. The van der Waals surface area contributed by atoms with E-state index in [1.165, 1.54) is 12.1 Å². The number of aromatic hydroxyl groups is 1. The first-order valence-corrected chi connectivity index (χ1v) is 7.55. The maximum absolute atomic E-state index is 12.6. The Hall–Kier alpha value is -3.26. The standard InChI is InChI=1S/C19H16N2O3/c1-12(24-15-8-6-14(22)7-9-15)19(23)16(11-20)18-10-13-4-2-3-5-17(13)21-18/h2-10,12,16,21-22H,1H3. The third kappa shape index (κ3) is 3.08. The number of rotatable bonds is 5. The third-order valence-corrected chi connectivity index (χ3v) is 3.83. The van der Waals surface area contributed by atoms with Crippen molar-refractivity contribution >= 4 is 16.7 Å².